The van der Waals surface area contributed by atoms with Crippen molar-refractivity contribution in [2.45, 2.75) is 24.7 Å². The summed E-state index contributed by atoms with van der Waals surface area (Å²) in [6.45, 7) is 5.42. The summed E-state index contributed by atoms with van der Waals surface area (Å²) in [6.07, 6.45) is 3.62. The summed E-state index contributed by atoms with van der Waals surface area (Å²) in [4.78, 5) is 16.5. The number of anilines is 1. The second-order valence-electron chi connectivity index (χ2n) is 9.61. The van der Waals surface area contributed by atoms with Gasteiger partial charge in [-0.05, 0) is 43.2 Å². The van der Waals surface area contributed by atoms with Gasteiger partial charge < -0.3 is 14.7 Å². The predicted octanol–water partition coefficient (Wildman–Crippen LogP) is 4.92. The number of benzene rings is 2. The van der Waals surface area contributed by atoms with Gasteiger partial charge in [0.1, 0.15) is 23.1 Å². The molecule has 1 aromatic heterocycles. The summed E-state index contributed by atoms with van der Waals surface area (Å²) in [5.41, 5.74) is 0.125. The van der Waals surface area contributed by atoms with Crippen LogP contribution in [0.2, 0.25) is 0 Å². The molecule has 7 nitrogen and oxygen atoms in total. The molecule has 0 radical (unpaired) electrons. The molecular weight excluding hydrogens is 518 g/mol. The maximum atomic E-state index is 13.8. The van der Waals surface area contributed by atoms with E-state index in [4.69, 9.17) is 4.74 Å². The third-order valence-electron chi connectivity index (χ3n) is 6.53. The lowest BCUT2D eigenvalue weighted by Crippen LogP contribution is -2.44. The minimum absolute atomic E-state index is 0.0157. The average molecular weight is 547 g/mol. The van der Waals surface area contributed by atoms with Crippen molar-refractivity contribution in [1.82, 2.24) is 14.1 Å². The number of aromatic hydroxyl groups is 1. The summed E-state index contributed by atoms with van der Waals surface area (Å²) in [5.74, 6) is -1.14. The van der Waals surface area contributed by atoms with Crippen LogP contribution in [-0.4, -0.2) is 57.1 Å². The Morgan fingerprint density at radius 3 is 2.49 bits per heavy atom. The summed E-state index contributed by atoms with van der Waals surface area (Å²) >= 11 is 3.40. The number of hydrogen-bond donors (Lipinski definition) is 1. The molecule has 2 aliphatic rings. The molecule has 2 heterocycles. The normalized spacial score (nSPS) is 17.1. The highest BCUT2D eigenvalue weighted by Gasteiger charge is 2.39. The van der Waals surface area contributed by atoms with E-state index in [9.17, 15) is 18.7 Å². The zero-order valence-corrected chi connectivity index (χ0v) is 22.0. The maximum absolute atomic E-state index is 13.8. The van der Waals surface area contributed by atoms with Gasteiger partial charge in [-0.25, -0.2) is 13.1 Å². The number of hydrogen-bond acceptors (Lipinski definition) is 8. The van der Waals surface area contributed by atoms with E-state index in [1.165, 1.54) is 0 Å². The van der Waals surface area contributed by atoms with Gasteiger partial charge in [-0.15, -0.1) is 11.8 Å². The van der Waals surface area contributed by atoms with Gasteiger partial charge in [-0.3, -0.25) is 4.79 Å². The second-order valence-corrected chi connectivity index (χ2v) is 12.1. The molecule has 2 aromatic carbocycles. The van der Waals surface area contributed by atoms with E-state index < -0.39 is 17.2 Å². The summed E-state index contributed by atoms with van der Waals surface area (Å²) < 4.78 is 37.0. The smallest absolute Gasteiger partial charge is 0.316 e. The Bertz CT molecular complexity index is 1310. The minimum atomic E-state index is -0.781. The van der Waals surface area contributed by atoms with E-state index in [0.717, 1.165) is 58.8 Å². The Balaban J connectivity index is 1.29. The number of phenolic OH excluding ortho intramolecular Hbond substituents is 1. The van der Waals surface area contributed by atoms with Crippen LogP contribution in [0.15, 0.2) is 58.4 Å². The van der Waals surface area contributed by atoms with Gasteiger partial charge in [-0.1, -0.05) is 24.9 Å². The maximum Gasteiger partial charge on any atom is 0.316 e. The van der Waals surface area contributed by atoms with E-state index in [0.29, 0.717) is 25.4 Å². The number of halogens is 2. The Hall–Kier alpha value is -2.76. The topological polar surface area (TPSA) is 70.8 Å². The van der Waals surface area contributed by atoms with Crippen molar-refractivity contribution in [2.24, 2.45) is 5.41 Å². The highest BCUT2D eigenvalue weighted by atomic mass is 32.2. The highest BCUT2D eigenvalue weighted by Crippen LogP contribution is 2.45. The number of nitrogens with zero attached hydrogens (tertiary/aromatic N) is 4. The second kappa shape index (κ2) is 10.9. The fourth-order valence-electron chi connectivity index (χ4n) is 4.04. The van der Waals surface area contributed by atoms with Crippen LogP contribution < -0.4 is 15.2 Å². The average Bonchev–Trinajstić information content (AvgIpc) is 3.60. The number of aromatic nitrogens is 2. The molecule has 196 valence electrons. The number of thioether (sulfide) groups is 1. The van der Waals surface area contributed by atoms with Gasteiger partial charge in [0.2, 0.25) is 5.75 Å². The molecule has 3 aromatic rings. The van der Waals surface area contributed by atoms with Crippen LogP contribution in [0.1, 0.15) is 19.8 Å². The van der Waals surface area contributed by atoms with Crippen molar-refractivity contribution in [3.05, 3.63) is 70.6 Å². The van der Waals surface area contributed by atoms with Gasteiger partial charge in [0, 0.05) is 42.6 Å². The van der Waals surface area contributed by atoms with Crippen molar-refractivity contribution in [3.8, 4) is 17.2 Å². The standard InChI is InChI=1S/C26H28F2N4O3S2/c1-26(5-6-26)16-35-24-23(15-29-32(25(24)34)20-12-18(27)11-19(28)13-20)30-7-9-31(10-8-30)37-17-36-22-4-2-3-21(33)14-22/h2-4,11-15,33H,5-10,16-17H2,1H3. The summed E-state index contributed by atoms with van der Waals surface area (Å²) in [7, 11) is 0. The van der Waals surface area contributed by atoms with Crippen molar-refractivity contribution in [2.75, 3.05) is 42.8 Å². The van der Waals surface area contributed by atoms with E-state index in [1.54, 1.807) is 42.0 Å². The number of piperazine rings is 1. The molecule has 37 heavy (non-hydrogen) atoms. The van der Waals surface area contributed by atoms with Crippen molar-refractivity contribution in [3.63, 3.8) is 0 Å². The first-order valence-electron chi connectivity index (χ1n) is 12.1. The Morgan fingerprint density at radius 1 is 1.08 bits per heavy atom. The first kappa shape index (κ1) is 25.9. The van der Waals surface area contributed by atoms with E-state index in [1.807, 2.05) is 12.1 Å². The lowest BCUT2D eigenvalue weighted by Gasteiger charge is -2.35. The predicted molar refractivity (Wildman–Crippen MR) is 143 cm³/mol. The van der Waals surface area contributed by atoms with Gasteiger partial charge >= 0.3 is 5.56 Å². The Morgan fingerprint density at radius 2 is 1.81 bits per heavy atom. The molecule has 2 fully saturated rings. The fraction of sp³-hybridized carbons (Fsp3) is 0.385. The quantitative estimate of drug-likeness (QED) is 0.231. The van der Waals surface area contributed by atoms with Crippen molar-refractivity contribution in [1.29, 1.82) is 0 Å². The molecule has 0 spiro atoms. The number of rotatable bonds is 9. The molecule has 1 N–H and O–H groups in total. The van der Waals surface area contributed by atoms with Crippen LogP contribution in [0.3, 0.4) is 0 Å². The third-order valence-corrected chi connectivity index (χ3v) is 8.74. The van der Waals surface area contributed by atoms with Crippen molar-refractivity contribution >= 4 is 29.4 Å². The lowest BCUT2D eigenvalue weighted by atomic mass is 10.2. The molecule has 1 aliphatic heterocycles. The van der Waals surface area contributed by atoms with E-state index >= 15 is 0 Å². The monoisotopic (exact) mass is 546 g/mol. The lowest BCUT2D eigenvalue weighted by molar-refractivity contribution is 0.242. The largest absolute Gasteiger partial charge is 0.508 e. The minimum Gasteiger partial charge on any atom is -0.508 e. The SMILES string of the molecule is CC1(COc2c(N3CCN(SCSc4cccc(O)c4)CC3)cnn(-c3cc(F)cc(F)c3)c2=O)CC1. The van der Waals surface area contributed by atoms with Crippen LogP contribution in [0, 0.1) is 17.0 Å². The number of phenols is 1. The molecule has 0 bridgehead atoms. The first-order chi connectivity index (χ1) is 17.8. The Kier molecular flexibility index (Phi) is 7.64. The summed E-state index contributed by atoms with van der Waals surface area (Å²) in [6, 6.07) is 10.1. The molecule has 1 aliphatic carbocycles. The zero-order valence-electron chi connectivity index (χ0n) is 20.4. The molecular formula is C26H28F2N4O3S2. The van der Waals surface area contributed by atoms with E-state index in [-0.39, 0.29) is 22.6 Å². The molecule has 5 rings (SSSR count). The molecule has 0 atom stereocenters. The molecule has 0 unspecified atom stereocenters. The highest BCUT2D eigenvalue weighted by molar-refractivity contribution is 8.15. The number of ether oxygens (including phenoxy) is 1. The summed E-state index contributed by atoms with van der Waals surface area (Å²) in [5, 5.41) is 14.7. The van der Waals surface area contributed by atoms with Crippen LogP contribution in [-0.2, 0) is 0 Å². The fourth-order valence-corrected chi connectivity index (χ4v) is 6.19. The molecule has 11 heteroatoms. The van der Waals surface area contributed by atoms with Gasteiger partial charge in [0.25, 0.3) is 0 Å². The van der Waals surface area contributed by atoms with Gasteiger partial charge in [-0.2, -0.15) is 9.78 Å². The first-order valence-corrected chi connectivity index (χ1v) is 14.0. The van der Waals surface area contributed by atoms with Crippen LogP contribution >= 0.6 is 23.7 Å². The third kappa shape index (κ3) is 6.39. The Labute approximate surface area is 222 Å². The molecule has 1 saturated heterocycles. The van der Waals surface area contributed by atoms with Gasteiger partial charge in [0.05, 0.1) is 23.6 Å². The molecule has 1 saturated carbocycles. The van der Waals surface area contributed by atoms with Crippen molar-refractivity contribution < 1.29 is 18.6 Å². The van der Waals surface area contributed by atoms with E-state index in [2.05, 4.69) is 21.2 Å². The molecule has 0 amide bonds. The van der Waals surface area contributed by atoms with Crippen LogP contribution in [0.5, 0.6) is 11.5 Å². The van der Waals surface area contributed by atoms with Crippen LogP contribution in [0.25, 0.3) is 5.69 Å². The zero-order chi connectivity index (χ0) is 26.0. The van der Waals surface area contributed by atoms with Gasteiger partial charge in [0.15, 0.2) is 0 Å². The van der Waals surface area contributed by atoms with Crippen LogP contribution in [0.4, 0.5) is 14.5 Å².